The van der Waals surface area contributed by atoms with E-state index in [1.807, 2.05) is 43.2 Å². The number of nitrogens with zero attached hydrogens (tertiary/aromatic N) is 4. The van der Waals surface area contributed by atoms with Crippen LogP contribution in [0.25, 0.3) is 5.69 Å². The summed E-state index contributed by atoms with van der Waals surface area (Å²) in [5.74, 6) is 1.18. The molecule has 0 bridgehead atoms. The normalized spacial score (nSPS) is 17.9. The molecule has 0 saturated carbocycles. The third-order valence-corrected chi connectivity index (χ3v) is 4.49. The maximum atomic E-state index is 12.1. The minimum absolute atomic E-state index is 0.0975. The molecule has 1 atom stereocenters. The van der Waals surface area contributed by atoms with Crippen LogP contribution in [0.4, 0.5) is 0 Å². The van der Waals surface area contributed by atoms with Crippen LogP contribution in [0.1, 0.15) is 12.0 Å². The summed E-state index contributed by atoms with van der Waals surface area (Å²) in [6, 6.07) is 7.98. The fraction of sp³-hybridized carbons (Fsp3) is 0.444. The second-order valence-corrected chi connectivity index (χ2v) is 6.40. The van der Waals surface area contributed by atoms with E-state index < -0.39 is 0 Å². The smallest absolute Gasteiger partial charge is 0.226 e. The average Bonchev–Trinajstić information content (AvgIpc) is 3.26. The Balaban J connectivity index is 1.75. The molecule has 2 heterocycles. The van der Waals surface area contributed by atoms with Gasteiger partial charge in [-0.1, -0.05) is 0 Å². The molecule has 1 aromatic carbocycles. The first-order chi connectivity index (χ1) is 11.6. The van der Waals surface area contributed by atoms with Crippen molar-refractivity contribution in [1.29, 1.82) is 0 Å². The van der Waals surface area contributed by atoms with Crippen LogP contribution in [0.3, 0.4) is 0 Å². The van der Waals surface area contributed by atoms with Crippen molar-refractivity contribution in [3.63, 3.8) is 0 Å². The summed E-state index contributed by atoms with van der Waals surface area (Å²) in [6.45, 7) is 2.50. The number of amides is 1. The number of aromatic nitrogens is 2. The number of hydrogen-bond acceptors (Lipinski definition) is 4. The molecule has 1 aromatic heterocycles. The van der Waals surface area contributed by atoms with Crippen LogP contribution in [0.15, 0.2) is 36.7 Å². The van der Waals surface area contributed by atoms with Gasteiger partial charge in [-0.3, -0.25) is 9.69 Å². The first kappa shape index (κ1) is 16.5. The second kappa shape index (κ2) is 7.05. The Kier molecular flexibility index (Phi) is 4.85. The van der Waals surface area contributed by atoms with E-state index in [0.717, 1.165) is 43.1 Å². The van der Waals surface area contributed by atoms with Crippen LogP contribution in [0.5, 0.6) is 5.75 Å². The Morgan fingerprint density at radius 3 is 2.92 bits per heavy atom. The van der Waals surface area contributed by atoms with Gasteiger partial charge >= 0.3 is 0 Å². The zero-order valence-electron chi connectivity index (χ0n) is 14.5. The molecule has 3 rings (SSSR count). The molecule has 1 fully saturated rings. The lowest BCUT2D eigenvalue weighted by atomic mass is 10.1. The maximum absolute atomic E-state index is 12.1. The summed E-state index contributed by atoms with van der Waals surface area (Å²) in [6.07, 6.45) is 4.60. The highest BCUT2D eigenvalue weighted by molar-refractivity contribution is 5.78. The molecule has 24 heavy (non-hydrogen) atoms. The third kappa shape index (κ3) is 3.43. The van der Waals surface area contributed by atoms with E-state index in [2.05, 4.69) is 16.1 Å². The van der Waals surface area contributed by atoms with Gasteiger partial charge in [0, 0.05) is 45.1 Å². The van der Waals surface area contributed by atoms with Crippen molar-refractivity contribution in [1.82, 2.24) is 19.6 Å². The number of benzene rings is 1. The Bertz CT molecular complexity index is 697. The zero-order chi connectivity index (χ0) is 17.1. The van der Waals surface area contributed by atoms with E-state index >= 15 is 0 Å². The summed E-state index contributed by atoms with van der Waals surface area (Å²) in [7, 11) is 5.33. The molecule has 1 amide bonds. The van der Waals surface area contributed by atoms with E-state index in [0.29, 0.717) is 0 Å². The van der Waals surface area contributed by atoms with Gasteiger partial charge in [0.25, 0.3) is 0 Å². The van der Waals surface area contributed by atoms with E-state index in [1.54, 1.807) is 18.2 Å². The molecule has 6 nitrogen and oxygen atoms in total. The van der Waals surface area contributed by atoms with E-state index in [1.165, 1.54) is 0 Å². The topological polar surface area (TPSA) is 50.6 Å². The molecule has 0 aliphatic carbocycles. The molecule has 2 aromatic rings. The lowest BCUT2D eigenvalue weighted by Gasteiger charge is -2.19. The highest BCUT2D eigenvalue weighted by atomic mass is 16.5. The molecular weight excluding hydrogens is 304 g/mol. The Morgan fingerprint density at radius 1 is 1.42 bits per heavy atom. The van der Waals surface area contributed by atoms with Gasteiger partial charge in [-0.25, -0.2) is 4.68 Å². The van der Waals surface area contributed by atoms with Gasteiger partial charge in [0.05, 0.1) is 18.7 Å². The molecule has 1 aliphatic heterocycles. The number of hydrogen-bond donors (Lipinski definition) is 0. The molecule has 1 saturated heterocycles. The van der Waals surface area contributed by atoms with Gasteiger partial charge in [-0.05, 0) is 37.2 Å². The molecular formula is C18H24N4O2. The van der Waals surface area contributed by atoms with Gasteiger partial charge < -0.3 is 9.64 Å². The first-order valence-corrected chi connectivity index (χ1v) is 8.19. The molecule has 1 unspecified atom stereocenters. The van der Waals surface area contributed by atoms with Crippen LogP contribution in [-0.2, 0) is 11.3 Å². The SMILES string of the molecule is COc1ccc(-n2cccn2)cc1CN1CCC(C(=O)N(C)C)C1. The quantitative estimate of drug-likeness (QED) is 0.840. The van der Waals surface area contributed by atoms with Gasteiger partial charge in [0.1, 0.15) is 5.75 Å². The van der Waals surface area contributed by atoms with Crippen LogP contribution in [0.2, 0.25) is 0 Å². The van der Waals surface area contributed by atoms with Crippen molar-refractivity contribution in [3.05, 3.63) is 42.2 Å². The third-order valence-electron chi connectivity index (χ3n) is 4.49. The highest BCUT2D eigenvalue weighted by Crippen LogP contribution is 2.26. The second-order valence-electron chi connectivity index (χ2n) is 6.40. The minimum Gasteiger partial charge on any atom is -0.496 e. The van der Waals surface area contributed by atoms with Crippen molar-refractivity contribution in [3.8, 4) is 11.4 Å². The van der Waals surface area contributed by atoms with E-state index in [9.17, 15) is 4.79 Å². The standard InChI is InChI=1S/C18H24N4O2/c1-20(2)18(23)14-7-10-21(12-14)13-15-11-16(5-6-17(15)24-3)22-9-4-8-19-22/h4-6,8-9,11,14H,7,10,12-13H2,1-3H3. The summed E-state index contributed by atoms with van der Waals surface area (Å²) >= 11 is 0. The van der Waals surface area contributed by atoms with Crippen LogP contribution in [0, 0.1) is 5.92 Å². The van der Waals surface area contributed by atoms with Gasteiger partial charge in [0.15, 0.2) is 0 Å². The van der Waals surface area contributed by atoms with Crippen molar-refractivity contribution in [2.24, 2.45) is 5.92 Å². The summed E-state index contributed by atoms with van der Waals surface area (Å²) < 4.78 is 7.35. The zero-order valence-corrected chi connectivity index (χ0v) is 14.5. The van der Waals surface area contributed by atoms with Gasteiger partial charge in [-0.2, -0.15) is 5.10 Å². The molecule has 0 radical (unpaired) electrons. The summed E-state index contributed by atoms with van der Waals surface area (Å²) in [5, 5.41) is 4.28. The average molecular weight is 328 g/mol. The Hall–Kier alpha value is -2.34. The number of rotatable bonds is 5. The summed E-state index contributed by atoms with van der Waals surface area (Å²) in [4.78, 5) is 16.1. The molecule has 128 valence electrons. The number of methoxy groups -OCH3 is 1. The van der Waals surface area contributed by atoms with Crippen molar-refractivity contribution in [2.75, 3.05) is 34.3 Å². The monoisotopic (exact) mass is 328 g/mol. The lowest BCUT2D eigenvalue weighted by Crippen LogP contribution is -2.31. The molecule has 0 N–H and O–H groups in total. The molecule has 0 spiro atoms. The van der Waals surface area contributed by atoms with Crippen molar-refractivity contribution < 1.29 is 9.53 Å². The van der Waals surface area contributed by atoms with Gasteiger partial charge in [-0.15, -0.1) is 0 Å². The predicted molar refractivity (Wildman–Crippen MR) is 92.2 cm³/mol. The lowest BCUT2D eigenvalue weighted by molar-refractivity contribution is -0.132. The van der Waals surface area contributed by atoms with Crippen LogP contribution in [-0.4, -0.2) is 59.8 Å². The van der Waals surface area contributed by atoms with E-state index in [4.69, 9.17) is 4.74 Å². The fourth-order valence-corrected chi connectivity index (χ4v) is 3.24. The predicted octanol–water partition coefficient (Wildman–Crippen LogP) is 1.79. The Morgan fingerprint density at radius 2 is 2.25 bits per heavy atom. The molecule has 6 heteroatoms. The Labute approximate surface area is 142 Å². The number of carbonyl (C=O) groups excluding carboxylic acids is 1. The van der Waals surface area contributed by atoms with Crippen LogP contribution < -0.4 is 4.74 Å². The molecule has 1 aliphatic rings. The number of likely N-dealkylation sites (tertiary alicyclic amines) is 1. The maximum Gasteiger partial charge on any atom is 0.226 e. The minimum atomic E-state index is 0.0975. The number of ether oxygens (including phenoxy) is 1. The van der Waals surface area contributed by atoms with Gasteiger partial charge in [0.2, 0.25) is 5.91 Å². The number of carbonyl (C=O) groups is 1. The largest absolute Gasteiger partial charge is 0.496 e. The van der Waals surface area contributed by atoms with E-state index in [-0.39, 0.29) is 11.8 Å². The summed E-state index contributed by atoms with van der Waals surface area (Å²) in [5.41, 5.74) is 2.12. The highest BCUT2D eigenvalue weighted by Gasteiger charge is 2.29. The van der Waals surface area contributed by atoms with Crippen molar-refractivity contribution in [2.45, 2.75) is 13.0 Å². The first-order valence-electron chi connectivity index (χ1n) is 8.19. The van der Waals surface area contributed by atoms with Crippen molar-refractivity contribution >= 4 is 5.91 Å². The van der Waals surface area contributed by atoms with Crippen LogP contribution >= 0.6 is 0 Å². The fourth-order valence-electron chi connectivity index (χ4n) is 3.24.